The third-order valence-electron chi connectivity index (χ3n) is 3.21. The average Bonchev–Trinajstić information content (AvgIpc) is 2.99. The molecule has 3 aromatic rings. The minimum Gasteiger partial charge on any atom is -0.432 e. The standard InChI is InChI=1S/C16H8F4N4O/c1-8-6-11(24(23-8)10-4-2-3-5-22-10)25-16-14(19)12(17)9(7-21)13(18)15(16)20/h2-6H,1H3. The fourth-order valence-corrected chi connectivity index (χ4v) is 2.10. The van der Waals surface area contributed by atoms with Crippen molar-refractivity contribution in [1.29, 1.82) is 5.26 Å². The largest absolute Gasteiger partial charge is 0.432 e. The van der Waals surface area contributed by atoms with E-state index in [4.69, 9.17) is 10.00 Å². The Hall–Kier alpha value is -3.41. The van der Waals surface area contributed by atoms with Crippen LogP contribution in [0.15, 0.2) is 30.5 Å². The van der Waals surface area contributed by atoms with Crippen LogP contribution in [0.5, 0.6) is 11.6 Å². The molecule has 0 aliphatic rings. The molecule has 0 aliphatic heterocycles. The summed E-state index contributed by atoms with van der Waals surface area (Å²) in [5, 5.41) is 12.7. The van der Waals surface area contributed by atoms with E-state index in [0.29, 0.717) is 5.69 Å². The summed E-state index contributed by atoms with van der Waals surface area (Å²) < 4.78 is 61.6. The first-order valence-electron chi connectivity index (χ1n) is 6.86. The lowest BCUT2D eigenvalue weighted by molar-refractivity contribution is 0.350. The molecule has 0 bridgehead atoms. The van der Waals surface area contributed by atoms with Crippen LogP contribution in [0.2, 0.25) is 0 Å². The predicted molar refractivity (Wildman–Crippen MR) is 77.2 cm³/mol. The molecular weight excluding hydrogens is 340 g/mol. The van der Waals surface area contributed by atoms with Gasteiger partial charge in [-0.05, 0) is 19.1 Å². The first-order chi connectivity index (χ1) is 11.9. The van der Waals surface area contributed by atoms with Crippen molar-refractivity contribution in [2.45, 2.75) is 6.92 Å². The number of hydrogen-bond donors (Lipinski definition) is 0. The van der Waals surface area contributed by atoms with Crippen LogP contribution in [0, 0.1) is 41.5 Å². The zero-order valence-corrected chi connectivity index (χ0v) is 12.6. The van der Waals surface area contributed by atoms with Crippen LogP contribution < -0.4 is 4.74 Å². The molecule has 0 radical (unpaired) electrons. The fraction of sp³-hybridized carbons (Fsp3) is 0.0625. The highest BCUT2D eigenvalue weighted by atomic mass is 19.2. The minimum atomic E-state index is -1.84. The zero-order chi connectivity index (χ0) is 18.1. The van der Waals surface area contributed by atoms with Crippen LogP contribution >= 0.6 is 0 Å². The van der Waals surface area contributed by atoms with Crippen LogP contribution in [0.4, 0.5) is 17.6 Å². The van der Waals surface area contributed by atoms with Gasteiger partial charge >= 0.3 is 0 Å². The SMILES string of the molecule is Cc1cc(Oc2c(F)c(F)c(C#N)c(F)c2F)n(-c2ccccn2)n1. The Balaban J connectivity index is 2.13. The number of ether oxygens (including phenoxy) is 1. The Morgan fingerprint density at radius 2 is 1.76 bits per heavy atom. The van der Waals surface area contributed by atoms with E-state index in [1.807, 2.05) is 0 Å². The summed E-state index contributed by atoms with van der Waals surface area (Å²) in [5.41, 5.74) is -0.951. The molecule has 9 heteroatoms. The molecule has 0 unspecified atom stereocenters. The molecule has 2 heterocycles. The molecule has 2 aromatic heterocycles. The number of halogens is 4. The maximum Gasteiger partial charge on any atom is 0.224 e. The molecular formula is C16H8F4N4O. The summed E-state index contributed by atoms with van der Waals surface area (Å²) in [7, 11) is 0. The Bertz CT molecular complexity index is 967. The third-order valence-corrected chi connectivity index (χ3v) is 3.21. The van der Waals surface area contributed by atoms with E-state index in [-0.39, 0.29) is 11.7 Å². The van der Waals surface area contributed by atoms with E-state index in [2.05, 4.69) is 10.1 Å². The Labute approximate surface area is 138 Å². The quantitative estimate of drug-likeness (QED) is 0.534. The van der Waals surface area contributed by atoms with Gasteiger partial charge in [0, 0.05) is 12.3 Å². The highest BCUT2D eigenvalue weighted by molar-refractivity contribution is 5.42. The van der Waals surface area contributed by atoms with Gasteiger partial charge in [0.05, 0.1) is 5.69 Å². The van der Waals surface area contributed by atoms with Gasteiger partial charge in [-0.2, -0.15) is 23.8 Å². The van der Waals surface area contributed by atoms with Gasteiger partial charge in [0.15, 0.2) is 17.5 Å². The Morgan fingerprint density at radius 3 is 2.32 bits per heavy atom. The van der Waals surface area contributed by atoms with Gasteiger partial charge in [-0.15, -0.1) is 0 Å². The van der Waals surface area contributed by atoms with Crippen LogP contribution in [0.1, 0.15) is 11.3 Å². The average molecular weight is 348 g/mol. The van der Waals surface area contributed by atoms with E-state index in [0.717, 1.165) is 10.8 Å². The predicted octanol–water partition coefficient (Wildman–Crippen LogP) is 3.80. The smallest absolute Gasteiger partial charge is 0.224 e. The van der Waals surface area contributed by atoms with Crippen molar-refractivity contribution < 1.29 is 22.3 Å². The van der Waals surface area contributed by atoms with Crippen LogP contribution in [-0.4, -0.2) is 14.8 Å². The molecule has 1 aromatic carbocycles. The van der Waals surface area contributed by atoms with Crippen LogP contribution in [-0.2, 0) is 0 Å². The summed E-state index contributed by atoms with van der Waals surface area (Å²) in [6.07, 6.45) is 1.46. The molecule has 0 atom stereocenters. The van der Waals surface area contributed by atoms with E-state index >= 15 is 0 Å². The number of nitrogens with zero attached hydrogens (tertiary/aromatic N) is 4. The number of hydrogen-bond acceptors (Lipinski definition) is 4. The number of pyridine rings is 1. The highest BCUT2D eigenvalue weighted by Gasteiger charge is 2.28. The normalized spacial score (nSPS) is 10.6. The van der Waals surface area contributed by atoms with Crippen molar-refractivity contribution in [1.82, 2.24) is 14.8 Å². The van der Waals surface area contributed by atoms with Crippen molar-refractivity contribution in [2.75, 3.05) is 0 Å². The summed E-state index contributed by atoms with van der Waals surface area (Å²) >= 11 is 0. The number of aryl methyl sites for hydroxylation is 1. The van der Waals surface area contributed by atoms with Crippen molar-refractivity contribution in [3.8, 4) is 23.5 Å². The van der Waals surface area contributed by atoms with E-state index in [1.54, 1.807) is 25.1 Å². The summed E-state index contributed by atoms with van der Waals surface area (Å²) in [6, 6.07) is 7.21. The summed E-state index contributed by atoms with van der Waals surface area (Å²) in [4.78, 5) is 4.01. The third kappa shape index (κ3) is 2.78. The first kappa shape index (κ1) is 16.4. The molecule has 3 rings (SSSR count). The lowest BCUT2D eigenvalue weighted by atomic mass is 10.2. The number of rotatable bonds is 3. The van der Waals surface area contributed by atoms with Crippen molar-refractivity contribution >= 4 is 0 Å². The van der Waals surface area contributed by atoms with Gasteiger partial charge < -0.3 is 4.74 Å². The molecule has 0 fully saturated rings. The zero-order valence-electron chi connectivity index (χ0n) is 12.6. The maximum atomic E-state index is 14.0. The molecule has 5 nitrogen and oxygen atoms in total. The van der Waals surface area contributed by atoms with Crippen molar-refractivity contribution in [3.05, 3.63) is 65.0 Å². The molecule has 25 heavy (non-hydrogen) atoms. The Kier molecular flexibility index (Phi) is 4.10. The number of nitriles is 1. The van der Waals surface area contributed by atoms with Gasteiger partial charge in [-0.3, -0.25) is 0 Å². The monoisotopic (exact) mass is 348 g/mol. The second kappa shape index (κ2) is 6.24. The van der Waals surface area contributed by atoms with E-state index < -0.39 is 34.6 Å². The van der Waals surface area contributed by atoms with E-state index in [1.165, 1.54) is 12.3 Å². The second-order valence-electron chi connectivity index (χ2n) is 4.90. The minimum absolute atomic E-state index is 0.211. The van der Waals surface area contributed by atoms with Crippen molar-refractivity contribution in [3.63, 3.8) is 0 Å². The topological polar surface area (TPSA) is 63.7 Å². The highest BCUT2D eigenvalue weighted by Crippen LogP contribution is 2.34. The lowest BCUT2D eigenvalue weighted by Crippen LogP contribution is -2.07. The van der Waals surface area contributed by atoms with Gasteiger partial charge in [0.2, 0.25) is 23.3 Å². The molecule has 0 N–H and O–H groups in total. The van der Waals surface area contributed by atoms with Gasteiger partial charge in [0.1, 0.15) is 11.6 Å². The van der Waals surface area contributed by atoms with Crippen LogP contribution in [0.3, 0.4) is 0 Å². The molecule has 0 amide bonds. The summed E-state index contributed by atoms with van der Waals surface area (Å²) in [5.74, 6) is -8.57. The number of benzene rings is 1. The summed E-state index contributed by atoms with van der Waals surface area (Å²) in [6.45, 7) is 1.58. The molecule has 0 saturated carbocycles. The molecule has 0 spiro atoms. The Morgan fingerprint density at radius 1 is 1.08 bits per heavy atom. The first-order valence-corrected chi connectivity index (χ1v) is 6.86. The van der Waals surface area contributed by atoms with Gasteiger partial charge in [-0.25, -0.2) is 13.8 Å². The maximum absolute atomic E-state index is 14.0. The van der Waals surface area contributed by atoms with Crippen LogP contribution in [0.25, 0.3) is 5.82 Å². The van der Waals surface area contributed by atoms with Gasteiger partial charge in [0.25, 0.3) is 0 Å². The fourth-order valence-electron chi connectivity index (χ4n) is 2.10. The molecule has 0 saturated heterocycles. The van der Waals surface area contributed by atoms with Gasteiger partial charge in [-0.1, -0.05) is 6.07 Å². The lowest BCUT2D eigenvalue weighted by Gasteiger charge is -2.11. The van der Waals surface area contributed by atoms with Crippen molar-refractivity contribution in [2.24, 2.45) is 0 Å². The van der Waals surface area contributed by atoms with E-state index in [9.17, 15) is 17.6 Å². The second-order valence-corrected chi connectivity index (χ2v) is 4.90. The number of aromatic nitrogens is 3. The molecule has 0 aliphatic carbocycles. The molecule has 126 valence electrons.